The maximum Gasteiger partial charge on any atom is 0.356 e. The van der Waals surface area contributed by atoms with Crippen LogP contribution in [0.15, 0.2) is 102 Å². The van der Waals surface area contributed by atoms with Crippen molar-refractivity contribution in [1.82, 2.24) is 5.43 Å². The fourth-order valence-corrected chi connectivity index (χ4v) is 2.69. The number of phenolic OH excluding ortho intramolecular Hbond substituents is 1. The number of aromatic hydroxyl groups is 1. The van der Waals surface area contributed by atoms with Crippen LogP contribution in [0.2, 0.25) is 0 Å². The van der Waals surface area contributed by atoms with Gasteiger partial charge in [-0.05, 0) is 24.3 Å². The van der Waals surface area contributed by atoms with Crippen LogP contribution < -0.4 is 5.43 Å². The molecular weight excluding hydrogens is 380 g/mol. The fourth-order valence-electron chi connectivity index (χ4n) is 2.69. The second kappa shape index (κ2) is 9.84. The van der Waals surface area contributed by atoms with E-state index in [2.05, 4.69) is 10.5 Å². The Morgan fingerprint density at radius 2 is 1.37 bits per heavy atom. The number of carbonyl (C=O) groups excluding carboxylic acids is 2. The third-order valence-corrected chi connectivity index (χ3v) is 4.22. The molecule has 0 unspecified atom stereocenters. The highest BCUT2D eigenvalue weighted by Crippen LogP contribution is 2.13. The zero-order chi connectivity index (χ0) is 21.3. The molecule has 0 aromatic heterocycles. The highest BCUT2D eigenvalue weighted by Gasteiger charge is 2.14. The number of nitrogens with zero attached hydrogens (tertiary/aromatic N) is 1. The topological polar surface area (TPSA) is 88.0 Å². The van der Waals surface area contributed by atoms with E-state index in [1.807, 2.05) is 60.7 Å². The Morgan fingerprint density at radius 1 is 0.833 bits per heavy atom. The zero-order valence-electron chi connectivity index (χ0n) is 16.3. The molecule has 0 aliphatic rings. The Balaban J connectivity index is 1.96. The van der Waals surface area contributed by atoms with E-state index in [1.165, 1.54) is 31.4 Å². The summed E-state index contributed by atoms with van der Waals surface area (Å²) in [5.41, 5.74) is 5.16. The van der Waals surface area contributed by atoms with Crippen molar-refractivity contribution in [2.24, 2.45) is 5.10 Å². The summed E-state index contributed by atoms with van der Waals surface area (Å²) >= 11 is 0. The van der Waals surface area contributed by atoms with Crippen molar-refractivity contribution in [3.05, 3.63) is 113 Å². The molecular formula is C24H20N2O4. The molecule has 0 bridgehead atoms. The molecule has 6 heteroatoms. The number of hydrogen-bond acceptors (Lipinski definition) is 6. The number of allylic oxidation sites excluding steroid dienone is 1. The molecule has 0 aliphatic carbocycles. The van der Waals surface area contributed by atoms with E-state index in [0.717, 1.165) is 17.2 Å². The molecule has 0 radical (unpaired) electrons. The molecule has 0 atom stereocenters. The van der Waals surface area contributed by atoms with Crippen LogP contribution in [-0.4, -0.2) is 29.7 Å². The predicted molar refractivity (Wildman–Crippen MR) is 114 cm³/mol. The smallest absolute Gasteiger partial charge is 0.356 e. The van der Waals surface area contributed by atoms with E-state index in [9.17, 15) is 14.7 Å². The van der Waals surface area contributed by atoms with Crippen LogP contribution in [0.25, 0.3) is 0 Å². The van der Waals surface area contributed by atoms with Gasteiger partial charge in [-0.2, -0.15) is 5.10 Å². The van der Waals surface area contributed by atoms with Crippen molar-refractivity contribution >= 4 is 17.5 Å². The number of ketones is 1. The molecule has 0 aliphatic heterocycles. The molecule has 2 N–H and O–H groups in total. The van der Waals surface area contributed by atoms with Crippen molar-refractivity contribution in [2.45, 2.75) is 0 Å². The Kier molecular flexibility index (Phi) is 6.74. The Bertz CT molecular complexity index is 1030. The Labute approximate surface area is 174 Å². The number of hydrazone groups is 1. The van der Waals surface area contributed by atoms with Crippen LogP contribution >= 0.6 is 0 Å². The highest BCUT2D eigenvalue weighted by molar-refractivity contribution is 6.13. The van der Waals surface area contributed by atoms with Gasteiger partial charge in [0, 0.05) is 22.8 Å². The van der Waals surface area contributed by atoms with E-state index in [-0.39, 0.29) is 11.4 Å². The number of benzene rings is 3. The fraction of sp³-hybridized carbons (Fsp3) is 0.0417. The van der Waals surface area contributed by atoms with Crippen molar-refractivity contribution in [3.63, 3.8) is 0 Å². The molecule has 30 heavy (non-hydrogen) atoms. The predicted octanol–water partition coefficient (Wildman–Crippen LogP) is 3.67. The van der Waals surface area contributed by atoms with Gasteiger partial charge in [0.1, 0.15) is 11.4 Å². The van der Waals surface area contributed by atoms with Gasteiger partial charge >= 0.3 is 5.97 Å². The molecule has 0 heterocycles. The molecule has 0 spiro atoms. The largest absolute Gasteiger partial charge is 0.508 e. The van der Waals surface area contributed by atoms with E-state index >= 15 is 0 Å². The Morgan fingerprint density at radius 3 is 1.87 bits per heavy atom. The van der Waals surface area contributed by atoms with Crippen molar-refractivity contribution in [3.8, 4) is 5.75 Å². The first kappa shape index (κ1) is 20.5. The summed E-state index contributed by atoms with van der Waals surface area (Å²) in [5.74, 6) is -1.12. The van der Waals surface area contributed by atoms with Crippen LogP contribution in [-0.2, 0) is 9.53 Å². The second-order valence-corrected chi connectivity index (χ2v) is 6.26. The minimum atomic E-state index is -0.730. The van der Waals surface area contributed by atoms with E-state index in [0.29, 0.717) is 11.3 Å². The number of nitrogens with one attached hydrogen (secondary N) is 1. The van der Waals surface area contributed by atoms with Gasteiger partial charge in [0.05, 0.1) is 12.8 Å². The first-order valence-corrected chi connectivity index (χ1v) is 9.16. The highest BCUT2D eigenvalue weighted by atomic mass is 16.5. The minimum Gasteiger partial charge on any atom is -0.508 e. The Hall–Kier alpha value is -4.19. The summed E-state index contributed by atoms with van der Waals surface area (Å²) in [6, 6.07) is 24.7. The monoisotopic (exact) mass is 400 g/mol. The first-order chi connectivity index (χ1) is 14.6. The third kappa shape index (κ3) is 5.20. The molecule has 0 saturated carbocycles. The molecule has 150 valence electrons. The maximum absolute atomic E-state index is 12.5. The molecule has 0 fully saturated rings. The summed E-state index contributed by atoms with van der Waals surface area (Å²) in [7, 11) is 1.22. The average molecular weight is 400 g/mol. The van der Waals surface area contributed by atoms with E-state index < -0.39 is 11.8 Å². The van der Waals surface area contributed by atoms with Crippen molar-refractivity contribution < 1.29 is 19.4 Å². The van der Waals surface area contributed by atoms with Crippen molar-refractivity contribution in [1.29, 1.82) is 0 Å². The molecule has 0 saturated heterocycles. The molecule has 3 aromatic carbocycles. The minimum absolute atomic E-state index is 0.0433. The summed E-state index contributed by atoms with van der Waals surface area (Å²) < 4.78 is 4.78. The normalized spacial score (nSPS) is 10.8. The lowest BCUT2D eigenvalue weighted by Gasteiger charge is -2.10. The summed E-state index contributed by atoms with van der Waals surface area (Å²) in [4.78, 5) is 24.7. The lowest BCUT2D eigenvalue weighted by molar-refractivity contribution is -0.136. The number of methoxy groups -OCH3 is 1. The zero-order valence-corrected chi connectivity index (χ0v) is 16.3. The summed E-state index contributed by atoms with van der Waals surface area (Å²) in [6.45, 7) is 0. The maximum atomic E-state index is 12.5. The number of carbonyl (C=O) groups is 2. The SMILES string of the molecule is COC(=O)/C(=C/C(=O)c1ccc(O)cc1)NN=C(c1ccccc1)c1ccccc1. The van der Waals surface area contributed by atoms with Gasteiger partial charge in [0.25, 0.3) is 0 Å². The second-order valence-electron chi connectivity index (χ2n) is 6.26. The van der Waals surface area contributed by atoms with Crippen molar-refractivity contribution in [2.75, 3.05) is 7.11 Å². The van der Waals surface area contributed by atoms with Crippen LogP contribution in [0.1, 0.15) is 21.5 Å². The van der Waals surface area contributed by atoms with Gasteiger partial charge in [-0.25, -0.2) is 4.79 Å². The summed E-state index contributed by atoms with van der Waals surface area (Å²) in [6.07, 6.45) is 1.12. The first-order valence-electron chi connectivity index (χ1n) is 9.16. The van der Waals surface area contributed by atoms with Gasteiger partial charge in [0.2, 0.25) is 0 Å². The number of phenols is 1. The van der Waals surface area contributed by atoms with E-state index in [1.54, 1.807) is 0 Å². The standard InChI is InChI=1S/C24H20N2O4/c1-30-24(29)21(16-22(28)17-12-14-20(27)15-13-17)25-26-23(18-8-4-2-5-9-18)19-10-6-3-7-11-19/h2-16,25,27H,1H3/b21-16-. The number of ether oxygens (including phenoxy) is 1. The van der Waals surface area contributed by atoms with Crippen LogP contribution in [0, 0.1) is 0 Å². The molecule has 3 aromatic rings. The van der Waals surface area contributed by atoms with Gasteiger partial charge in [-0.15, -0.1) is 0 Å². The molecule has 3 rings (SSSR count). The average Bonchev–Trinajstić information content (AvgIpc) is 2.79. The molecule has 0 amide bonds. The quantitative estimate of drug-likeness (QED) is 0.208. The van der Waals surface area contributed by atoms with Gasteiger partial charge in [-0.3, -0.25) is 10.2 Å². The van der Waals surface area contributed by atoms with E-state index in [4.69, 9.17) is 4.74 Å². The number of rotatable bonds is 7. The number of hydrogen-bond donors (Lipinski definition) is 2. The number of esters is 1. The van der Waals surface area contributed by atoms with Crippen LogP contribution in [0.3, 0.4) is 0 Å². The van der Waals surface area contributed by atoms with Crippen LogP contribution in [0.4, 0.5) is 0 Å². The lowest BCUT2D eigenvalue weighted by Crippen LogP contribution is -2.21. The van der Waals surface area contributed by atoms with Crippen LogP contribution in [0.5, 0.6) is 5.75 Å². The van der Waals surface area contributed by atoms with Gasteiger partial charge in [0.15, 0.2) is 5.78 Å². The van der Waals surface area contributed by atoms with Gasteiger partial charge < -0.3 is 9.84 Å². The third-order valence-electron chi connectivity index (χ3n) is 4.22. The lowest BCUT2D eigenvalue weighted by atomic mass is 10.0. The molecule has 6 nitrogen and oxygen atoms in total. The van der Waals surface area contributed by atoms with Gasteiger partial charge in [-0.1, -0.05) is 60.7 Å². The summed E-state index contributed by atoms with van der Waals surface area (Å²) in [5, 5.41) is 13.8.